The normalized spacial score (nSPS) is 11.7. The molecule has 0 bridgehead atoms. The van der Waals surface area contributed by atoms with Gasteiger partial charge in [0.15, 0.2) is 0 Å². The lowest BCUT2D eigenvalue weighted by molar-refractivity contribution is -0.115. The van der Waals surface area contributed by atoms with E-state index in [1.807, 2.05) is 49.1 Å². The van der Waals surface area contributed by atoms with Gasteiger partial charge in [0.25, 0.3) is 0 Å². The molecule has 0 aliphatic heterocycles. The topological polar surface area (TPSA) is 61.8 Å². The molecule has 0 aliphatic carbocycles. The van der Waals surface area contributed by atoms with Crippen molar-refractivity contribution in [2.75, 3.05) is 30.4 Å². The first kappa shape index (κ1) is 20.1. The van der Waals surface area contributed by atoms with E-state index in [0.717, 1.165) is 11.3 Å². The highest BCUT2D eigenvalue weighted by Gasteiger charge is 2.17. The fraction of sp³-hybridized carbons (Fsp3) is 0.350. The number of methoxy groups -OCH3 is 1. The van der Waals surface area contributed by atoms with Crippen LogP contribution in [0.2, 0.25) is 5.02 Å². The van der Waals surface area contributed by atoms with E-state index in [1.165, 1.54) is 7.11 Å². The molecule has 2 aromatic rings. The molecular formula is C20H25ClN2O3. The molecular weight excluding hydrogens is 352 g/mol. The molecule has 0 spiro atoms. The maximum Gasteiger partial charge on any atom is 0.243 e. The maximum absolute atomic E-state index is 12.6. The molecule has 0 saturated heterocycles. The molecule has 0 saturated carbocycles. The Kier molecular flexibility index (Phi) is 7.30. The largest absolute Gasteiger partial charge is 0.495 e. The van der Waals surface area contributed by atoms with Crippen LogP contribution in [0.5, 0.6) is 5.75 Å². The molecule has 1 amide bonds. The Morgan fingerprint density at radius 1 is 1.31 bits per heavy atom. The number of nitrogens with zero attached hydrogens (tertiary/aromatic N) is 1. The van der Waals surface area contributed by atoms with Crippen molar-refractivity contribution < 1.29 is 14.6 Å². The second-order valence-electron chi connectivity index (χ2n) is 6.13. The van der Waals surface area contributed by atoms with Gasteiger partial charge in [-0.3, -0.25) is 4.79 Å². The number of nitrogens with one attached hydrogen (secondary N) is 1. The zero-order chi connectivity index (χ0) is 19.1. The van der Waals surface area contributed by atoms with Crippen LogP contribution >= 0.6 is 11.6 Å². The van der Waals surface area contributed by atoms with Crippen molar-refractivity contribution in [1.29, 1.82) is 0 Å². The van der Waals surface area contributed by atoms with Gasteiger partial charge >= 0.3 is 0 Å². The van der Waals surface area contributed by atoms with Gasteiger partial charge in [-0.15, -0.1) is 0 Å². The Balaban J connectivity index is 2.16. The van der Waals surface area contributed by atoms with Crippen LogP contribution in [-0.2, 0) is 4.79 Å². The Hall–Kier alpha value is -2.24. The molecule has 1 atom stereocenters. The second-order valence-corrected chi connectivity index (χ2v) is 6.54. The van der Waals surface area contributed by atoms with E-state index >= 15 is 0 Å². The van der Waals surface area contributed by atoms with Gasteiger partial charge in [0, 0.05) is 23.3 Å². The summed E-state index contributed by atoms with van der Waals surface area (Å²) < 4.78 is 5.30. The molecule has 2 aromatic carbocycles. The number of carbonyl (C=O) groups is 1. The maximum atomic E-state index is 12.6. The van der Waals surface area contributed by atoms with Crippen LogP contribution in [0.4, 0.5) is 11.4 Å². The van der Waals surface area contributed by atoms with Crippen LogP contribution in [0.25, 0.3) is 0 Å². The number of amides is 1. The number of carbonyl (C=O) groups excluding carboxylic acids is 1. The van der Waals surface area contributed by atoms with E-state index in [-0.39, 0.29) is 12.5 Å². The summed E-state index contributed by atoms with van der Waals surface area (Å²) in [4.78, 5) is 14.5. The highest BCUT2D eigenvalue weighted by Crippen LogP contribution is 2.31. The van der Waals surface area contributed by atoms with Crippen molar-refractivity contribution in [2.24, 2.45) is 0 Å². The molecule has 2 rings (SSSR count). The van der Waals surface area contributed by atoms with Crippen molar-refractivity contribution in [2.45, 2.75) is 26.4 Å². The number of hydrogen-bond acceptors (Lipinski definition) is 4. The zero-order valence-corrected chi connectivity index (χ0v) is 16.1. The van der Waals surface area contributed by atoms with E-state index in [0.29, 0.717) is 29.4 Å². The SMILES string of the molecule is CC[C@H](O)CN(CC(=O)Nc1cc(C)c(Cl)cc1OC)c1ccccc1. The fourth-order valence-corrected chi connectivity index (χ4v) is 2.73. The summed E-state index contributed by atoms with van der Waals surface area (Å²) >= 11 is 6.11. The molecule has 6 heteroatoms. The lowest BCUT2D eigenvalue weighted by atomic mass is 10.2. The number of halogens is 1. The summed E-state index contributed by atoms with van der Waals surface area (Å²) in [6.45, 7) is 4.27. The van der Waals surface area contributed by atoms with E-state index in [4.69, 9.17) is 16.3 Å². The van der Waals surface area contributed by atoms with Crippen LogP contribution in [0, 0.1) is 6.92 Å². The molecule has 0 heterocycles. The van der Waals surface area contributed by atoms with Crippen molar-refractivity contribution in [3.63, 3.8) is 0 Å². The lowest BCUT2D eigenvalue weighted by Crippen LogP contribution is -2.38. The molecule has 0 unspecified atom stereocenters. The third kappa shape index (κ3) is 5.38. The number of hydrogen-bond donors (Lipinski definition) is 2. The molecule has 140 valence electrons. The molecule has 26 heavy (non-hydrogen) atoms. The highest BCUT2D eigenvalue weighted by molar-refractivity contribution is 6.31. The van der Waals surface area contributed by atoms with Gasteiger partial charge in [0.05, 0.1) is 25.4 Å². The number of rotatable bonds is 8. The summed E-state index contributed by atoms with van der Waals surface area (Å²) in [7, 11) is 1.53. The lowest BCUT2D eigenvalue weighted by Gasteiger charge is -2.26. The molecule has 0 fully saturated rings. The van der Waals surface area contributed by atoms with Gasteiger partial charge < -0.3 is 20.1 Å². The average Bonchev–Trinajstić information content (AvgIpc) is 2.64. The minimum Gasteiger partial charge on any atom is -0.495 e. The summed E-state index contributed by atoms with van der Waals surface area (Å²) in [5.41, 5.74) is 2.31. The summed E-state index contributed by atoms with van der Waals surface area (Å²) in [6, 6.07) is 13.0. The Bertz CT molecular complexity index is 737. The van der Waals surface area contributed by atoms with E-state index < -0.39 is 6.10 Å². The first-order valence-corrected chi connectivity index (χ1v) is 8.94. The Labute approximate surface area is 159 Å². The predicted octanol–water partition coefficient (Wildman–Crippen LogP) is 3.87. The number of para-hydroxylation sites is 1. The van der Waals surface area contributed by atoms with Crippen LogP contribution in [-0.4, -0.2) is 37.3 Å². The van der Waals surface area contributed by atoms with Gasteiger partial charge in [-0.05, 0) is 37.1 Å². The van der Waals surface area contributed by atoms with E-state index in [1.54, 1.807) is 12.1 Å². The van der Waals surface area contributed by atoms with Crippen LogP contribution in [0.15, 0.2) is 42.5 Å². The first-order valence-electron chi connectivity index (χ1n) is 8.56. The van der Waals surface area contributed by atoms with E-state index in [2.05, 4.69) is 5.32 Å². The number of aliphatic hydroxyl groups excluding tert-OH is 1. The number of benzene rings is 2. The monoisotopic (exact) mass is 376 g/mol. The summed E-state index contributed by atoms with van der Waals surface area (Å²) in [5.74, 6) is 0.311. The smallest absolute Gasteiger partial charge is 0.243 e. The number of ether oxygens (including phenoxy) is 1. The highest BCUT2D eigenvalue weighted by atomic mass is 35.5. The molecule has 5 nitrogen and oxygen atoms in total. The van der Waals surface area contributed by atoms with Crippen molar-refractivity contribution in [1.82, 2.24) is 0 Å². The third-order valence-electron chi connectivity index (χ3n) is 4.11. The van der Waals surface area contributed by atoms with Gasteiger partial charge in [0.2, 0.25) is 5.91 Å². The van der Waals surface area contributed by atoms with Crippen molar-refractivity contribution in [3.05, 3.63) is 53.1 Å². The van der Waals surface area contributed by atoms with Gasteiger partial charge in [-0.1, -0.05) is 36.7 Å². The van der Waals surface area contributed by atoms with Crippen LogP contribution in [0.1, 0.15) is 18.9 Å². The molecule has 2 N–H and O–H groups in total. The molecule has 0 aliphatic rings. The summed E-state index contributed by atoms with van der Waals surface area (Å²) in [5, 5.41) is 13.5. The predicted molar refractivity (Wildman–Crippen MR) is 106 cm³/mol. The fourth-order valence-electron chi connectivity index (χ4n) is 2.58. The quantitative estimate of drug-likeness (QED) is 0.734. The second kappa shape index (κ2) is 9.46. The number of anilines is 2. The molecule has 0 radical (unpaired) electrons. The van der Waals surface area contributed by atoms with Gasteiger partial charge in [0.1, 0.15) is 5.75 Å². The Morgan fingerprint density at radius 2 is 2.00 bits per heavy atom. The zero-order valence-electron chi connectivity index (χ0n) is 15.3. The van der Waals surface area contributed by atoms with Gasteiger partial charge in [-0.25, -0.2) is 0 Å². The molecule has 0 aromatic heterocycles. The minimum atomic E-state index is -0.504. The van der Waals surface area contributed by atoms with Crippen molar-refractivity contribution >= 4 is 28.9 Å². The van der Waals surface area contributed by atoms with Crippen LogP contribution in [0.3, 0.4) is 0 Å². The number of aliphatic hydroxyl groups is 1. The third-order valence-corrected chi connectivity index (χ3v) is 4.52. The van der Waals surface area contributed by atoms with Crippen LogP contribution < -0.4 is 15.0 Å². The average molecular weight is 377 g/mol. The van der Waals surface area contributed by atoms with Gasteiger partial charge in [-0.2, -0.15) is 0 Å². The standard InChI is InChI=1S/C20H25ClN2O3/c1-4-16(24)12-23(15-8-6-5-7-9-15)13-20(25)22-18-10-14(2)17(21)11-19(18)26-3/h5-11,16,24H,4,12-13H2,1-3H3,(H,22,25)/t16-/m0/s1. The van der Waals surface area contributed by atoms with E-state index in [9.17, 15) is 9.90 Å². The van der Waals surface area contributed by atoms with Crippen molar-refractivity contribution in [3.8, 4) is 5.75 Å². The Morgan fingerprint density at radius 3 is 2.62 bits per heavy atom. The minimum absolute atomic E-state index is 0.117. The first-order chi connectivity index (χ1) is 12.4. The summed E-state index contributed by atoms with van der Waals surface area (Å²) in [6.07, 6.45) is 0.116. The number of aryl methyl sites for hydroxylation is 1.